The summed E-state index contributed by atoms with van der Waals surface area (Å²) in [7, 11) is 1.55. The van der Waals surface area contributed by atoms with Crippen LogP contribution in [0.15, 0.2) is 52.9 Å². The van der Waals surface area contributed by atoms with Crippen LogP contribution in [-0.4, -0.2) is 23.1 Å². The van der Waals surface area contributed by atoms with Gasteiger partial charge in [-0.05, 0) is 108 Å². The fraction of sp³-hybridized carbons (Fsp3) is 0.125. The molecule has 0 spiro atoms. The average Bonchev–Trinajstić information content (AvgIpc) is 3.18. The highest BCUT2D eigenvalue weighted by Crippen LogP contribution is 2.32. The number of nitrogens with one attached hydrogen (secondary N) is 2. The van der Waals surface area contributed by atoms with Crippen molar-refractivity contribution >= 4 is 74.2 Å². The van der Waals surface area contributed by atoms with Crippen LogP contribution >= 0.6 is 46.4 Å². The van der Waals surface area contributed by atoms with E-state index in [0.717, 1.165) is 31.4 Å². The predicted molar refractivity (Wildman–Crippen MR) is 143 cm³/mol. The van der Waals surface area contributed by atoms with Gasteiger partial charge in [0.1, 0.15) is 11.3 Å². The normalized spacial score (nSPS) is 10.8. The third-order valence-corrected chi connectivity index (χ3v) is 6.30. The lowest BCUT2D eigenvalue weighted by Crippen LogP contribution is -2.34. The molecule has 2 N–H and O–H groups in total. The zero-order valence-corrected chi connectivity index (χ0v) is 21.7. The molecule has 4 aromatic rings. The Balaban J connectivity index is 1.59. The highest BCUT2D eigenvalue weighted by molar-refractivity contribution is 14.1. The van der Waals surface area contributed by atoms with Gasteiger partial charge in [0.2, 0.25) is 5.89 Å². The van der Waals surface area contributed by atoms with E-state index in [1.807, 2.05) is 38.1 Å². The van der Waals surface area contributed by atoms with E-state index in [4.69, 9.17) is 33.0 Å². The Kier molecular flexibility index (Phi) is 6.87. The number of nitrogens with zero attached hydrogens (tertiary/aromatic N) is 1. The Morgan fingerprint density at radius 2 is 1.88 bits per heavy atom. The van der Waals surface area contributed by atoms with E-state index in [1.165, 1.54) is 0 Å². The topological polar surface area (TPSA) is 76.4 Å². The number of thiocarbonyl (C=S) groups is 1. The molecule has 0 saturated heterocycles. The molecule has 0 aliphatic heterocycles. The van der Waals surface area contributed by atoms with Gasteiger partial charge in [0.05, 0.1) is 23.4 Å². The fourth-order valence-electron chi connectivity index (χ4n) is 3.24. The molecule has 1 amide bonds. The summed E-state index contributed by atoms with van der Waals surface area (Å²) in [5.41, 5.74) is 5.42. The van der Waals surface area contributed by atoms with E-state index >= 15 is 0 Å². The van der Waals surface area contributed by atoms with Gasteiger partial charge in [0, 0.05) is 9.13 Å². The molecule has 0 saturated carbocycles. The second-order valence-electron chi connectivity index (χ2n) is 7.37. The molecule has 168 valence electrons. The Labute approximate surface area is 214 Å². The first-order valence-electron chi connectivity index (χ1n) is 9.88. The first-order valence-corrected chi connectivity index (χ1v) is 11.7. The van der Waals surface area contributed by atoms with Gasteiger partial charge < -0.3 is 14.5 Å². The number of amides is 1. The molecule has 3 aromatic carbocycles. The quantitative estimate of drug-likeness (QED) is 0.208. The summed E-state index contributed by atoms with van der Waals surface area (Å²) in [5, 5.41) is 6.12. The first-order chi connectivity index (χ1) is 15.7. The number of anilines is 1. The molecule has 6 nitrogen and oxygen atoms in total. The van der Waals surface area contributed by atoms with Crippen molar-refractivity contribution in [3.05, 3.63) is 73.8 Å². The van der Waals surface area contributed by atoms with Gasteiger partial charge in [-0.15, -0.1) is 0 Å². The molecule has 0 fully saturated rings. The zero-order chi connectivity index (χ0) is 23.7. The van der Waals surface area contributed by atoms with Gasteiger partial charge in [-0.3, -0.25) is 10.1 Å². The van der Waals surface area contributed by atoms with Crippen LogP contribution in [0.2, 0.25) is 5.02 Å². The van der Waals surface area contributed by atoms with Crippen molar-refractivity contribution in [2.45, 2.75) is 13.8 Å². The number of carbonyl (C=O) groups is 1. The van der Waals surface area contributed by atoms with E-state index in [1.54, 1.807) is 31.4 Å². The Morgan fingerprint density at radius 3 is 2.64 bits per heavy atom. The Hall–Kier alpha value is -2.69. The van der Waals surface area contributed by atoms with Gasteiger partial charge in [0.25, 0.3) is 5.91 Å². The van der Waals surface area contributed by atoms with Crippen LogP contribution in [0.4, 0.5) is 5.69 Å². The molecule has 0 aliphatic carbocycles. The smallest absolute Gasteiger partial charge is 0.258 e. The van der Waals surface area contributed by atoms with Crippen molar-refractivity contribution in [3.8, 4) is 17.2 Å². The average molecular weight is 592 g/mol. The van der Waals surface area contributed by atoms with Gasteiger partial charge in [-0.25, -0.2) is 4.98 Å². The zero-order valence-electron chi connectivity index (χ0n) is 18.0. The largest absolute Gasteiger partial charge is 0.495 e. The predicted octanol–water partition coefficient (Wildman–Crippen LogP) is 6.51. The van der Waals surface area contributed by atoms with Crippen molar-refractivity contribution in [1.82, 2.24) is 10.3 Å². The van der Waals surface area contributed by atoms with Gasteiger partial charge in [-0.2, -0.15) is 0 Å². The monoisotopic (exact) mass is 591 g/mol. The van der Waals surface area contributed by atoms with Crippen molar-refractivity contribution < 1.29 is 13.9 Å². The molecule has 0 unspecified atom stereocenters. The molecule has 9 heteroatoms. The lowest BCUT2D eigenvalue weighted by molar-refractivity contribution is 0.0978. The first kappa shape index (κ1) is 23.5. The number of ether oxygens (including phenoxy) is 1. The van der Waals surface area contributed by atoms with E-state index in [-0.39, 0.29) is 5.11 Å². The van der Waals surface area contributed by atoms with Crippen LogP contribution in [-0.2, 0) is 0 Å². The number of rotatable bonds is 4. The van der Waals surface area contributed by atoms with E-state index < -0.39 is 5.91 Å². The number of aryl methyl sites for hydroxylation is 2. The summed E-state index contributed by atoms with van der Waals surface area (Å²) in [6.07, 6.45) is 0. The van der Waals surface area contributed by atoms with Gasteiger partial charge in [0.15, 0.2) is 10.7 Å². The number of methoxy groups -OCH3 is 1. The summed E-state index contributed by atoms with van der Waals surface area (Å²) in [6.45, 7) is 4.07. The van der Waals surface area contributed by atoms with Crippen LogP contribution in [0, 0.1) is 17.4 Å². The molecule has 0 atom stereocenters. The van der Waals surface area contributed by atoms with Crippen LogP contribution in [0.25, 0.3) is 22.6 Å². The maximum Gasteiger partial charge on any atom is 0.258 e. The van der Waals surface area contributed by atoms with Crippen LogP contribution in [0.1, 0.15) is 21.5 Å². The number of carbonyl (C=O) groups excluding carboxylic acids is 1. The van der Waals surface area contributed by atoms with Crippen molar-refractivity contribution in [3.63, 3.8) is 0 Å². The van der Waals surface area contributed by atoms with Crippen molar-refractivity contribution in [2.24, 2.45) is 0 Å². The molecule has 0 aliphatic rings. The van der Waals surface area contributed by atoms with Crippen molar-refractivity contribution in [1.29, 1.82) is 0 Å². The molecule has 1 aromatic heterocycles. The SMILES string of the molecule is COc1ccc(-c2nc3cc(C)c(C)cc3o2)cc1NC(=S)NC(=O)c1cc(I)ccc1Cl. The van der Waals surface area contributed by atoms with Gasteiger partial charge in [-0.1, -0.05) is 11.6 Å². The summed E-state index contributed by atoms with van der Waals surface area (Å²) in [5.74, 6) is 0.613. The Bertz CT molecular complexity index is 1360. The highest BCUT2D eigenvalue weighted by atomic mass is 127. The molecular formula is C24H19ClIN3O3S. The molecule has 0 bridgehead atoms. The molecule has 4 rings (SSSR count). The summed E-state index contributed by atoms with van der Waals surface area (Å²) in [4.78, 5) is 17.2. The lowest BCUT2D eigenvalue weighted by Gasteiger charge is -2.14. The minimum Gasteiger partial charge on any atom is -0.495 e. The van der Waals surface area contributed by atoms with Crippen molar-refractivity contribution in [2.75, 3.05) is 12.4 Å². The molecular weight excluding hydrogens is 573 g/mol. The second-order valence-corrected chi connectivity index (χ2v) is 9.43. The summed E-state index contributed by atoms with van der Waals surface area (Å²) < 4.78 is 12.3. The standard InChI is InChI=1S/C24H19ClIN3O3S/c1-12-8-18-21(9-13(12)2)32-23(27-18)14-4-7-20(31-3)19(10-14)28-24(33)29-22(30)16-11-15(26)5-6-17(16)25/h4-11H,1-3H3,(H2,28,29,30,33). The number of fused-ring (bicyclic) bond motifs is 1. The lowest BCUT2D eigenvalue weighted by atomic mass is 10.1. The minimum absolute atomic E-state index is 0.106. The number of halogens is 2. The number of oxazole rings is 1. The molecule has 33 heavy (non-hydrogen) atoms. The van der Waals surface area contributed by atoms with E-state index in [2.05, 4.69) is 38.2 Å². The van der Waals surface area contributed by atoms with Crippen LogP contribution < -0.4 is 15.4 Å². The second kappa shape index (κ2) is 9.66. The van der Waals surface area contributed by atoms with Crippen LogP contribution in [0.3, 0.4) is 0 Å². The summed E-state index contributed by atoms with van der Waals surface area (Å²) >= 11 is 13.6. The molecule has 1 heterocycles. The minimum atomic E-state index is -0.407. The fourth-order valence-corrected chi connectivity index (χ4v) is 4.13. The third-order valence-electron chi connectivity index (χ3n) is 5.10. The third kappa shape index (κ3) is 5.13. The molecule has 0 radical (unpaired) electrons. The maximum absolute atomic E-state index is 12.6. The maximum atomic E-state index is 12.6. The number of hydrogen-bond donors (Lipinski definition) is 2. The van der Waals surface area contributed by atoms with Gasteiger partial charge >= 0.3 is 0 Å². The van der Waals surface area contributed by atoms with Crippen LogP contribution in [0.5, 0.6) is 5.75 Å². The number of benzene rings is 3. The van der Waals surface area contributed by atoms with E-state index in [9.17, 15) is 4.79 Å². The highest BCUT2D eigenvalue weighted by Gasteiger charge is 2.16. The summed E-state index contributed by atoms with van der Waals surface area (Å²) in [6, 6.07) is 14.6. The number of aromatic nitrogens is 1. The number of hydrogen-bond acceptors (Lipinski definition) is 5. The Morgan fingerprint density at radius 1 is 1.12 bits per heavy atom. The van der Waals surface area contributed by atoms with E-state index in [0.29, 0.717) is 27.9 Å².